The normalized spacial score (nSPS) is 18.2. The second-order valence-electron chi connectivity index (χ2n) is 6.52. The van der Waals surface area contributed by atoms with Crippen LogP contribution in [0, 0.1) is 6.92 Å². The summed E-state index contributed by atoms with van der Waals surface area (Å²) in [7, 11) is 0. The molecule has 0 amide bonds. The van der Waals surface area contributed by atoms with Gasteiger partial charge in [-0.2, -0.15) is 0 Å². The highest BCUT2D eigenvalue weighted by atomic mass is 16.4. The van der Waals surface area contributed by atoms with E-state index in [-0.39, 0.29) is 5.41 Å². The lowest BCUT2D eigenvalue weighted by molar-refractivity contribution is -0.147. The highest BCUT2D eigenvalue weighted by Crippen LogP contribution is 2.45. The van der Waals surface area contributed by atoms with Gasteiger partial charge in [0.05, 0.1) is 5.41 Å². The lowest BCUT2D eigenvalue weighted by Gasteiger charge is -2.39. The summed E-state index contributed by atoms with van der Waals surface area (Å²) in [5.41, 5.74) is 2.89. The van der Waals surface area contributed by atoms with Crippen molar-refractivity contribution in [1.29, 1.82) is 0 Å². The van der Waals surface area contributed by atoms with E-state index in [9.17, 15) is 9.90 Å². The van der Waals surface area contributed by atoms with E-state index < -0.39 is 11.4 Å². The van der Waals surface area contributed by atoms with E-state index in [0.717, 1.165) is 30.4 Å². The van der Waals surface area contributed by atoms with Crippen LogP contribution in [-0.4, -0.2) is 11.1 Å². The quantitative estimate of drug-likeness (QED) is 0.861. The molecular formula is C16H22O2. The van der Waals surface area contributed by atoms with Gasteiger partial charge in [-0.3, -0.25) is 4.79 Å². The van der Waals surface area contributed by atoms with Gasteiger partial charge in [0, 0.05) is 0 Å². The maximum atomic E-state index is 11.5. The van der Waals surface area contributed by atoms with Gasteiger partial charge < -0.3 is 5.11 Å². The summed E-state index contributed by atoms with van der Waals surface area (Å²) in [5, 5.41) is 9.49. The molecule has 1 fully saturated rings. The van der Waals surface area contributed by atoms with E-state index in [0.29, 0.717) is 0 Å². The van der Waals surface area contributed by atoms with E-state index in [4.69, 9.17) is 0 Å². The lowest BCUT2D eigenvalue weighted by Crippen LogP contribution is -2.42. The average molecular weight is 246 g/mol. The molecule has 1 aromatic carbocycles. The minimum atomic E-state index is -0.666. The molecule has 0 unspecified atom stereocenters. The topological polar surface area (TPSA) is 37.3 Å². The zero-order valence-corrected chi connectivity index (χ0v) is 11.7. The molecule has 1 aliphatic rings. The Hall–Kier alpha value is -1.31. The Morgan fingerprint density at radius 2 is 1.89 bits per heavy atom. The molecule has 1 saturated carbocycles. The van der Waals surface area contributed by atoms with Crippen molar-refractivity contribution >= 4 is 5.97 Å². The molecule has 0 saturated heterocycles. The predicted octanol–water partition coefficient (Wildman–Crippen LogP) is 3.80. The number of carboxylic acid groups (broad SMARTS) is 1. The van der Waals surface area contributed by atoms with Crippen molar-refractivity contribution in [2.75, 3.05) is 0 Å². The van der Waals surface area contributed by atoms with E-state index >= 15 is 0 Å². The van der Waals surface area contributed by atoms with Crippen LogP contribution in [0.15, 0.2) is 18.2 Å². The van der Waals surface area contributed by atoms with Gasteiger partial charge >= 0.3 is 5.97 Å². The Labute approximate surface area is 109 Å². The molecule has 2 rings (SSSR count). The number of aryl methyl sites for hydroxylation is 1. The van der Waals surface area contributed by atoms with Crippen LogP contribution in [0.1, 0.15) is 56.7 Å². The first-order chi connectivity index (χ1) is 8.27. The van der Waals surface area contributed by atoms with Crippen molar-refractivity contribution in [2.45, 2.75) is 57.8 Å². The van der Waals surface area contributed by atoms with Crippen LogP contribution < -0.4 is 0 Å². The van der Waals surface area contributed by atoms with Gasteiger partial charge in [0.25, 0.3) is 0 Å². The molecule has 98 valence electrons. The Bertz CT molecular complexity index is 476. The van der Waals surface area contributed by atoms with Crippen molar-refractivity contribution in [3.63, 3.8) is 0 Å². The van der Waals surface area contributed by atoms with Crippen molar-refractivity contribution in [3.8, 4) is 0 Å². The summed E-state index contributed by atoms with van der Waals surface area (Å²) in [6, 6.07) is 6.27. The first-order valence-corrected chi connectivity index (χ1v) is 6.62. The number of benzene rings is 1. The van der Waals surface area contributed by atoms with Crippen LogP contribution in [0.5, 0.6) is 0 Å². The summed E-state index contributed by atoms with van der Waals surface area (Å²) >= 11 is 0. The Balaban J connectivity index is 2.45. The second-order valence-corrected chi connectivity index (χ2v) is 6.52. The number of rotatable bonds is 2. The second kappa shape index (κ2) is 4.11. The van der Waals surface area contributed by atoms with Gasteiger partial charge in [-0.1, -0.05) is 45.4 Å². The van der Waals surface area contributed by atoms with E-state index in [1.807, 2.05) is 13.0 Å². The number of aliphatic carboxylic acids is 1. The zero-order chi connectivity index (χ0) is 13.6. The zero-order valence-electron chi connectivity index (χ0n) is 11.7. The van der Waals surface area contributed by atoms with Crippen LogP contribution in [0.3, 0.4) is 0 Å². The molecule has 1 aromatic rings. The van der Waals surface area contributed by atoms with Crippen LogP contribution in [0.4, 0.5) is 0 Å². The fraction of sp³-hybridized carbons (Fsp3) is 0.562. The van der Waals surface area contributed by atoms with Crippen molar-refractivity contribution in [2.24, 2.45) is 0 Å². The maximum absolute atomic E-state index is 11.5. The predicted molar refractivity (Wildman–Crippen MR) is 73.0 cm³/mol. The summed E-state index contributed by atoms with van der Waals surface area (Å²) in [6.07, 6.45) is 2.57. The largest absolute Gasteiger partial charge is 0.481 e. The summed E-state index contributed by atoms with van der Waals surface area (Å²) < 4.78 is 0. The minimum Gasteiger partial charge on any atom is -0.481 e. The van der Waals surface area contributed by atoms with Gasteiger partial charge in [0.2, 0.25) is 0 Å². The average Bonchev–Trinajstić information content (AvgIpc) is 2.16. The first kappa shape index (κ1) is 13.1. The molecule has 0 heterocycles. The number of hydrogen-bond acceptors (Lipinski definition) is 1. The third-order valence-electron chi connectivity index (χ3n) is 4.22. The molecule has 0 bridgehead atoms. The highest BCUT2D eigenvalue weighted by molar-refractivity contribution is 5.83. The minimum absolute atomic E-state index is 0.110. The molecule has 0 spiro atoms. The molecule has 1 N–H and O–H groups in total. The van der Waals surface area contributed by atoms with Crippen LogP contribution in [0.25, 0.3) is 0 Å². The summed E-state index contributed by atoms with van der Waals surface area (Å²) in [6.45, 7) is 8.57. The number of carbonyl (C=O) groups is 1. The molecule has 0 atom stereocenters. The molecule has 2 heteroatoms. The standard InChI is InChI=1S/C16H22O2/c1-11-10-12(15(2,3)4)6-7-13(11)16(14(17)18)8-5-9-16/h6-7,10H,5,8-9H2,1-4H3,(H,17,18). The molecule has 0 radical (unpaired) electrons. The fourth-order valence-electron chi connectivity index (χ4n) is 2.80. The van der Waals surface area contributed by atoms with E-state index in [1.54, 1.807) is 0 Å². The van der Waals surface area contributed by atoms with Crippen molar-refractivity contribution < 1.29 is 9.90 Å². The third kappa shape index (κ3) is 1.94. The number of hydrogen-bond donors (Lipinski definition) is 1. The van der Waals surface area contributed by atoms with Gasteiger partial charge in [0.1, 0.15) is 0 Å². The third-order valence-corrected chi connectivity index (χ3v) is 4.22. The number of carboxylic acids is 1. The Morgan fingerprint density at radius 1 is 1.28 bits per heavy atom. The molecule has 2 nitrogen and oxygen atoms in total. The Morgan fingerprint density at radius 3 is 2.22 bits per heavy atom. The van der Waals surface area contributed by atoms with Gasteiger partial charge in [0.15, 0.2) is 0 Å². The van der Waals surface area contributed by atoms with Gasteiger partial charge in [-0.05, 0) is 41.9 Å². The SMILES string of the molecule is Cc1cc(C(C)(C)C)ccc1C1(C(=O)O)CCC1. The van der Waals surface area contributed by atoms with Crippen LogP contribution in [0.2, 0.25) is 0 Å². The molecule has 18 heavy (non-hydrogen) atoms. The molecular weight excluding hydrogens is 224 g/mol. The highest BCUT2D eigenvalue weighted by Gasteiger charge is 2.46. The first-order valence-electron chi connectivity index (χ1n) is 6.62. The van der Waals surface area contributed by atoms with Crippen LogP contribution >= 0.6 is 0 Å². The lowest BCUT2D eigenvalue weighted by atomic mass is 9.63. The smallest absolute Gasteiger partial charge is 0.314 e. The maximum Gasteiger partial charge on any atom is 0.314 e. The monoisotopic (exact) mass is 246 g/mol. The molecule has 0 aliphatic heterocycles. The summed E-state index contributed by atoms with van der Waals surface area (Å²) in [4.78, 5) is 11.5. The van der Waals surface area contributed by atoms with Gasteiger partial charge in [-0.25, -0.2) is 0 Å². The van der Waals surface area contributed by atoms with Gasteiger partial charge in [-0.15, -0.1) is 0 Å². The van der Waals surface area contributed by atoms with Crippen molar-refractivity contribution in [3.05, 3.63) is 34.9 Å². The van der Waals surface area contributed by atoms with E-state index in [1.165, 1.54) is 5.56 Å². The van der Waals surface area contributed by atoms with Crippen LogP contribution in [-0.2, 0) is 15.6 Å². The van der Waals surface area contributed by atoms with E-state index in [2.05, 4.69) is 32.9 Å². The molecule has 0 aromatic heterocycles. The fourth-order valence-corrected chi connectivity index (χ4v) is 2.80. The summed E-state index contributed by atoms with van der Waals surface area (Å²) in [5.74, 6) is -0.666. The van der Waals surface area contributed by atoms with Crippen molar-refractivity contribution in [1.82, 2.24) is 0 Å². The Kier molecular flexibility index (Phi) is 3.00. The molecule has 1 aliphatic carbocycles.